The SMILES string of the molecule is Cc1cc(-c2ccc(C)c(C)c2)nc(=S)[nH]1. The second kappa shape index (κ2) is 4.18. The first-order valence-corrected chi connectivity index (χ1v) is 5.62. The lowest BCUT2D eigenvalue weighted by atomic mass is 10.0. The first-order chi connectivity index (χ1) is 7.56. The van der Waals surface area contributed by atoms with Crippen LogP contribution in [0.15, 0.2) is 24.3 Å². The summed E-state index contributed by atoms with van der Waals surface area (Å²) < 4.78 is 0.535. The second-order valence-electron chi connectivity index (χ2n) is 4.05. The molecule has 0 saturated carbocycles. The quantitative estimate of drug-likeness (QED) is 0.756. The minimum absolute atomic E-state index is 0.535. The van der Waals surface area contributed by atoms with Crippen LogP contribution in [-0.4, -0.2) is 9.97 Å². The van der Waals surface area contributed by atoms with E-state index in [0.717, 1.165) is 17.0 Å². The third-order valence-corrected chi connectivity index (χ3v) is 2.88. The lowest BCUT2D eigenvalue weighted by Gasteiger charge is -2.05. The number of hydrogen-bond acceptors (Lipinski definition) is 2. The van der Waals surface area contributed by atoms with Crippen LogP contribution in [0.4, 0.5) is 0 Å². The van der Waals surface area contributed by atoms with Crippen LogP contribution in [0.5, 0.6) is 0 Å². The van der Waals surface area contributed by atoms with Crippen molar-refractivity contribution in [3.8, 4) is 11.3 Å². The molecule has 2 rings (SSSR count). The molecule has 0 radical (unpaired) electrons. The van der Waals surface area contributed by atoms with Crippen molar-refractivity contribution in [2.45, 2.75) is 20.8 Å². The lowest BCUT2D eigenvalue weighted by Crippen LogP contribution is -1.91. The van der Waals surface area contributed by atoms with Gasteiger partial charge in [0, 0.05) is 11.3 Å². The topological polar surface area (TPSA) is 28.7 Å². The largest absolute Gasteiger partial charge is 0.335 e. The average Bonchev–Trinajstić information content (AvgIpc) is 2.20. The van der Waals surface area contributed by atoms with Crippen molar-refractivity contribution in [3.63, 3.8) is 0 Å². The molecule has 1 aromatic heterocycles. The Labute approximate surface area is 100 Å². The van der Waals surface area contributed by atoms with Gasteiger partial charge in [0.15, 0.2) is 4.77 Å². The smallest absolute Gasteiger partial charge is 0.197 e. The number of nitrogens with zero attached hydrogens (tertiary/aromatic N) is 1. The number of hydrogen-bond donors (Lipinski definition) is 1. The van der Waals surface area contributed by atoms with Gasteiger partial charge in [0.2, 0.25) is 0 Å². The molecular weight excluding hydrogens is 216 g/mol. The summed E-state index contributed by atoms with van der Waals surface area (Å²) in [7, 11) is 0. The Kier molecular flexibility index (Phi) is 2.88. The molecule has 0 aliphatic heterocycles. The van der Waals surface area contributed by atoms with E-state index in [2.05, 4.69) is 42.0 Å². The van der Waals surface area contributed by atoms with Crippen molar-refractivity contribution >= 4 is 12.2 Å². The number of aromatic amines is 1. The summed E-state index contributed by atoms with van der Waals surface area (Å²) in [5, 5.41) is 0. The van der Waals surface area contributed by atoms with E-state index in [1.165, 1.54) is 11.1 Å². The van der Waals surface area contributed by atoms with Crippen LogP contribution in [0, 0.1) is 25.5 Å². The van der Waals surface area contributed by atoms with Crippen LogP contribution in [0.3, 0.4) is 0 Å². The zero-order chi connectivity index (χ0) is 11.7. The molecule has 0 bridgehead atoms. The van der Waals surface area contributed by atoms with E-state index in [1.807, 2.05) is 13.0 Å². The van der Waals surface area contributed by atoms with E-state index in [0.29, 0.717) is 4.77 Å². The van der Waals surface area contributed by atoms with Crippen LogP contribution < -0.4 is 0 Å². The molecular formula is C13H14N2S. The van der Waals surface area contributed by atoms with E-state index in [1.54, 1.807) is 0 Å². The van der Waals surface area contributed by atoms with Crippen molar-refractivity contribution in [1.82, 2.24) is 9.97 Å². The van der Waals surface area contributed by atoms with Crippen LogP contribution in [0.25, 0.3) is 11.3 Å². The summed E-state index contributed by atoms with van der Waals surface area (Å²) in [5.74, 6) is 0. The maximum Gasteiger partial charge on any atom is 0.197 e. The molecule has 0 aliphatic rings. The number of aromatic nitrogens is 2. The molecule has 0 amide bonds. The van der Waals surface area contributed by atoms with Gasteiger partial charge in [-0.25, -0.2) is 4.98 Å². The fraction of sp³-hybridized carbons (Fsp3) is 0.231. The van der Waals surface area contributed by atoms with Gasteiger partial charge in [-0.1, -0.05) is 12.1 Å². The van der Waals surface area contributed by atoms with E-state index < -0.39 is 0 Å². The first-order valence-electron chi connectivity index (χ1n) is 5.22. The summed E-state index contributed by atoms with van der Waals surface area (Å²) in [5.41, 5.74) is 5.65. The normalized spacial score (nSPS) is 10.4. The number of aryl methyl sites for hydroxylation is 3. The van der Waals surface area contributed by atoms with Gasteiger partial charge in [-0.05, 0) is 56.2 Å². The van der Waals surface area contributed by atoms with E-state index in [-0.39, 0.29) is 0 Å². The predicted octanol–water partition coefficient (Wildman–Crippen LogP) is 3.73. The monoisotopic (exact) mass is 230 g/mol. The van der Waals surface area contributed by atoms with Crippen molar-refractivity contribution in [2.24, 2.45) is 0 Å². The molecule has 0 saturated heterocycles. The maximum absolute atomic E-state index is 5.08. The zero-order valence-electron chi connectivity index (χ0n) is 9.66. The summed E-state index contributed by atoms with van der Waals surface area (Å²) in [6, 6.07) is 8.35. The van der Waals surface area contributed by atoms with Gasteiger partial charge in [0.1, 0.15) is 0 Å². The van der Waals surface area contributed by atoms with E-state index in [9.17, 15) is 0 Å². The highest BCUT2D eigenvalue weighted by atomic mass is 32.1. The highest BCUT2D eigenvalue weighted by Crippen LogP contribution is 2.20. The van der Waals surface area contributed by atoms with Gasteiger partial charge in [0.25, 0.3) is 0 Å². The Hall–Kier alpha value is -1.48. The Balaban J connectivity index is 2.58. The minimum atomic E-state index is 0.535. The Morgan fingerprint density at radius 3 is 2.44 bits per heavy atom. The summed E-state index contributed by atoms with van der Waals surface area (Å²) in [6.07, 6.45) is 0. The highest BCUT2D eigenvalue weighted by molar-refractivity contribution is 7.71. The van der Waals surface area contributed by atoms with Gasteiger partial charge in [-0.2, -0.15) is 0 Å². The molecule has 0 fully saturated rings. The van der Waals surface area contributed by atoms with Gasteiger partial charge in [-0.3, -0.25) is 0 Å². The predicted molar refractivity (Wildman–Crippen MR) is 69.1 cm³/mol. The van der Waals surface area contributed by atoms with Gasteiger partial charge >= 0.3 is 0 Å². The Morgan fingerprint density at radius 1 is 1.06 bits per heavy atom. The molecule has 0 aliphatic carbocycles. The van der Waals surface area contributed by atoms with Crippen molar-refractivity contribution < 1.29 is 0 Å². The molecule has 0 atom stereocenters. The molecule has 0 unspecified atom stereocenters. The average molecular weight is 230 g/mol. The maximum atomic E-state index is 5.08. The van der Waals surface area contributed by atoms with Gasteiger partial charge in [0.05, 0.1) is 5.69 Å². The fourth-order valence-corrected chi connectivity index (χ4v) is 1.89. The standard InChI is InChI=1S/C13H14N2S/c1-8-4-5-11(6-9(8)2)12-7-10(3)14-13(16)15-12/h4-7H,1-3H3,(H,14,15,16). The van der Waals surface area contributed by atoms with Crippen molar-refractivity contribution in [2.75, 3.05) is 0 Å². The van der Waals surface area contributed by atoms with Gasteiger partial charge in [-0.15, -0.1) is 0 Å². The van der Waals surface area contributed by atoms with Crippen LogP contribution in [0.1, 0.15) is 16.8 Å². The number of nitrogens with one attached hydrogen (secondary N) is 1. The molecule has 1 heterocycles. The number of H-pyrrole nitrogens is 1. The Bertz CT molecular complexity index is 585. The lowest BCUT2D eigenvalue weighted by molar-refractivity contribution is 1.08. The molecule has 2 aromatic rings. The minimum Gasteiger partial charge on any atom is -0.335 e. The second-order valence-corrected chi connectivity index (χ2v) is 4.44. The van der Waals surface area contributed by atoms with E-state index >= 15 is 0 Å². The molecule has 1 N–H and O–H groups in total. The van der Waals surface area contributed by atoms with Crippen molar-refractivity contribution in [1.29, 1.82) is 0 Å². The number of benzene rings is 1. The van der Waals surface area contributed by atoms with Crippen LogP contribution >= 0.6 is 12.2 Å². The highest BCUT2D eigenvalue weighted by Gasteiger charge is 2.02. The number of rotatable bonds is 1. The van der Waals surface area contributed by atoms with Crippen LogP contribution in [0.2, 0.25) is 0 Å². The van der Waals surface area contributed by atoms with E-state index in [4.69, 9.17) is 12.2 Å². The molecule has 0 spiro atoms. The third-order valence-electron chi connectivity index (χ3n) is 2.68. The molecule has 82 valence electrons. The van der Waals surface area contributed by atoms with Crippen molar-refractivity contribution in [3.05, 3.63) is 45.9 Å². The summed E-state index contributed by atoms with van der Waals surface area (Å²) in [4.78, 5) is 7.34. The molecule has 1 aromatic carbocycles. The first kappa shape index (κ1) is 11.0. The van der Waals surface area contributed by atoms with Crippen LogP contribution in [-0.2, 0) is 0 Å². The fourth-order valence-electron chi connectivity index (χ4n) is 1.63. The summed E-state index contributed by atoms with van der Waals surface area (Å²) in [6.45, 7) is 6.20. The molecule has 2 nitrogen and oxygen atoms in total. The third kappa shape index (κ3) is 2.19. The zero-order valence-corrected chi connectivity index (χ0v) is 10.5. The molecule has 3 heteroatoms. The van der Waals surface area contributed by atoms with Gasteiger partial charge < -0.3 is 4.98 Å². The molecule has 16 heavy (non-hydrogen) atoms. The Morgan fingerprint density at radius 2 is 1.81 bits per heavy atom. The summed E-state index contributed by atoms with van der Waals surface area (Å²) >= 11 is 5.08.